The van der Waals surface area contributed by atoms with Gasteiger partial charge in [-0.05, 0) is 18.2 Å². The van der Waals surface area contributed by atoms with E-state index in [1.807, 2.05) is 13.8 Å². The predicted molar refractivity (Wildman–Crippen MR) is 85.9 cm³/mol. The van der Waals surface area contributed by atoms with Crippen LogP contribution in [0.5, 0.6) is 23.0 Å². The smallest absolute Gasteiger partial charge is 0.193 e. The van der Waals surface area contributed by atoms with E-state index in [-0.39, 0.29) is 33.8 Å². The van der Waals surface area contributed by atoms with Crippen molar-refractivity contribution in [3.8, 4) is 34.3 Å². The van der Waals surface area contributed by atoms with Gasteiger partial charge in [0, 0.05) is 12.1 Å². The van der Waals surface area contributed by atoms with Crippen LogP contribution in [0, 0.1) is 0 Å². The fourth-order valence-electron chi connectivity index (χ4n) is 2.08. The Morgan fingerprint density at radius 3 is 2.00 bits per heavy atom. The van der Waals surface area contributed by atoms with E-state index in [0.29, 0.717) is 0 Å². The topological polar surface area (TPSA) is 111 Å². The number of phenols is 4. The second-order valence-corrected chi connectivity index (χ2v) is 4.48. The molecule has 0 amide bonds. The number of rotatable bonds is 1. The Morgan fingerprint density at radius 1 is 0.826 bits per heavy atom. The number of phenolic OH excluding ortho intramolecular Hbond substituents is 4. The minimum atomic E-state index is -0.482. The van der Waals surface area contributed by atoms with Crippen LogP contribution < -0.4 is 5.43 Å². The quantitative estimate of drug-likeness (QED) is 0.513. The maximum absolute atomic E-state index is 12.0. The molecule has 0 spiro atoms. The third-order valence-corrected chi connectivity index (χ3v) is 3.09. The Labute approximate surface area is 131 Å². The van der Waals surface area contributed by atoms with Gasteiger partial charge in [-0.15, -0.1) is 0 Å². The summed E-state index contributed by atoms with van der Waals surface area (Å²) in [5.74, 6) is -1.42. The molecule has 0 fully saturated rings. The zero-order valence-electron chi connectivity index (χ0n) is 12.6. The SMILES string of the molecule is CC.O=c1cc(-c2c(O)cccc2O)oc2cc(O)c(O)cc12. The molecular weight excluding hydrogens is 300 g/mol. The molecule has 120 valence electrons. The Balaban J connectivity index is 0.000000924. The van der Waals surface area contributed by atoms with Gasteiger partial charge in [-0.2, -0.15) is 0 Å². The van der Waals surface area contributed by atoms with E-state index in [1.165, 1.54) is 18.2 Å². The van der Waals surface area contributed by atoms with Gasteiger partial charge in [0.1, 0.15) is 28.4 Å². The van der Waals surface area contributed by atoms with E-state index in [4.69, 9.17) is 4.42 Å². The molecule has 1 aromatic heterocycles. The first-order chi connectivity index (χ1) is 11.0. The lowest BCUT2D eigenvalue weighted by Gasteiger charge is -2.07. The number of aromatic hydroxyl groups is 4. The third-order valence-electron chi connectivity index (χ3n) is 3.09. The van der Waals surface area contributed by atoms with Gasteiger partial charge < -0.3 is 24.8 Å². The van der Waals surface area contributed by atoms with Crippen LogP contribution in [0.15, 0.2) is 45.6 Å². The first kappa shape index (κ1) is 16.2. The second kappa shape index (κ2) is 6.31. The molecule has 0 saturated heterocycles. The van der Waals surface area contributed by atoms with E-state index >= 15 is 0 Å². The van der Waals surface area contributed by atoms with Crippen molar-refractivity contribution < 1.29 is 24.8 Å². The first-order valence-corrected chi connectivity index (χ1v) is 6.98. The van der Waals surface area contributed by atoms with Crippen LogP contribution in [0.4, 0.5) is 0 Å². The van der Waals surface area contributed by atoms with Crippen LogP contribution >= 0.6 is 0 Å². The molecule has 2 aromatic carbocycles. The molecule has 0 bridgehead atoms. The van der Waals surface area contributed by atoms with Gasteiger partial charge >= 0.3 is 0 Å². The van der Waals surface area contributed by atoms with Crippen molar-refractivity contribution in [2.24, 2.45) is 0 Å². The lowest BCUT2D eigenvalue weighted by molar-refractivity contribution is 0.403. The van der Waals surface area contributed by atoms with Crippen molar-refractivity contribution in [2.45, 2.75) is 13.8 Å². The molecular formula is C17H16O6. The molecule has 0 aliphatic carbocycles. The summed E-state index contributed by atoms with van der Waals surface area (Å²) in [5, 5.41) is 38.5. The largest absolute Gasteiger partial charge is 0.507 e. The van der Waals surface area contributed by atoms with Crippen molar-refractivity contribution in [1.82, 2.24) is 0 Å². The zero-order valence-corrected chi connectivity index (χ0v) is 12.6. The van der Waals surface area contributed by atoms with E-state index in [0.717, 1.165) is 18.2 Å². The molecule has 23 heavy (non-hydrogen) atoms. The summed E-state index contributed by atoms with van der Waals surface area (Å²) in [7, 11) is 0. The maximum Gasteiger partial charge on any atom is 0.193 e. The van der Waals surface area contributed by atoms with Crippen molar-refractivity contribution in [3.05, 3.63) is 46.6 Å². The number of fused-ring (bicyclic) bond motifs is 1. The Kier molecular flexibility index (Phi) is 4.45. The minimum absolute atomic E-state index is 0.0236. The van der Waals surface area contributed by atoms with Crippen LogP contribution in [0.2, 0.25) is 0 Å². The average molecular weight is 316 g/mol. The highest BCUT2D eigenvalue weighted by Gasteiger charge is 2.15. The maximum atomic E-state index is 12.0. The molecule has 0 radical (unpaired) electrons. The molecule has 4 N–H and O–H groups in total. The van der Waals surface area contributed by atoms with Gasteiger partial charge in [0.15, 0.2) is 16.9 Å². The van der Waals surface area contributed by atoms with E-state index in [9.17, 15) is 25.2 Å². The molecule has 1 heterocycles. The molecule has 0 unspecified atom stereocenters. The molecule has 3 rings (SSSR count). The first-order valence-electron chi connectivity index (χ1n) is 6.98. The minimum Gasteiger partial charge on any atom is -0.507 e. The summed E-state index contributed by atoms with van der Waals surface area (Å²) in [6.45, 7) is 4.00. The predicted octanol–water partition coefficient (Wildman–Crippen LogP) is 3.31. The molecule has 3 aromatic rings. The van der Waals surface area contributed by atoms with E-state index in [2.05, 4.69) is 0 Å². The molecule has 0 aliphatic heterocycles. The van der Waals surface area contributed by atoms with Gasteiger partial charge in [0.2, 0.25) is 0 Å². The summed E-state index contributed by atoms with van der Waals surface area (Å²) < 4.78 is 5.44. The van der Waals surface area contributed by atoms with Gasteiger partial charge in [-0.25, -0.2) is 0 Å². The van der Waals surface area contributed by atoms with Gasteiger partial charge in [0.25, 0.3) is 0 Å². The van der Waals surface area contributed by atoms with Crippen LogP contribution in [0.1, 0.15) is 13.8 Å². The Morgan fingerprint density at radius 2 is 1.39 bits per heavy atom. The Bertz CT molecular complexity index is 891. The number of hydrogen-bond donors (Lipinski definition) is 4. The van der Waals surface area contributed by atoms with Crippen molar-refractivity contribution in [3.63, 3.8) is 0 Å². The molecule has 0 atom stereocenters. The Hall–Kier alpha value is -3.15. The zero-order chi connectivity index (χ0) is 17.1. The molecule has 0 aliphatic rings. The van der Waals surface area contributed by atoms with E-state index < -0.39 is 16.9 Å². The highest BCUT2D eigenvalue weighted by molar-refractivity contribution is 5.83. The van der Waals surface area contributed by atoms with Gasteiger partial charge in [0.05, 0.1) is 5.39 Å². The standard InChI is InChI=1S/C15H10O6.C2H6/c16-8-2-1-3-9(17)15(8)14-5-10(18)7-4-11(19)12(20)6-13(7)21-14;1-2/h1-6,16-17,19-20H;1-2H3. The molecule has 6 nitrogen and oxygen atoms in total. The summed E-state index contributed by atoms with van der Waals surface area (Å²) in [5.41, 5.74) is -0.483. The summed E-state index contributed by atoms with van der Waals surface area (Å²) in [4.78, 5) is 12.0. The molecule has 0 saturated carbocycles. The molecule has 6 heteroatoms. The lowest BCUT2D eigenvalue weighted by Crippen LogP contribution is -2.00. The highest BCUT2D eigenvalue weighted by atomic mass is 16.3. The van der Waals surface area contributed by atoms with Crippen LogP contribution in [0.25, 0.3) is 22.3 Å². The number of benzene rings is 2. The van der Waals surface area contributed by atoms with Crippen LogP contribution in [-0.4, -0.2) is 20.4 Å². The van der Waals surface area contributed by atoms with Crippen LogP contribution in [-0.2, 0) is 0 Å². The number of hydrogen-bond acceptors (Lipinski definition) is 6. The summed E-state index contributed by atoms with van der Waals surface area (Å²) in [6, 6.07) is 7.39. The fraction of sp³-hybridized carbons (Fsp3) is 0.118. The highest BCUT2D eigenvalue weighted by Crippen LogP contribution is 2.38. The van der Waals surface area contributed by atoms with Gasteiger partial charge in [-0.1, -0.05) is 19.9 Å². The van der Waals surface area contributed by atoms with Crippen molar-refractivity contribution in [2.75, 3.05) is 0 Å². The van der Waals surface area contributed by atoms with Crippen molar-refractivity contribution in [1.29, 1.82) is 0 Å². The van der Waals surface area contributed by atoms with E-state index in [1.54, 1.807) is 0 Å². The monoisotopic (exact) mass is 316 g/mol. The summed E-state index contributed by atoms with van der Waals surface area (Å²) >= 11 is 0. The third kappa shape index (κ3) is 2.91. The summed E-state index contributed by atoms with van der Waals surface area (Å²) in [6.07, 6.45) is 0. The fourth-order valence-corrected chi connectivity index (χ4v) is 2.08. The van der Waals surface area contributed by atoms with Crippen LogP contribution in [0.3, 0.4) is 0 Å². The van der Waals surface area contributed by atoms with Crippen molar-refractivity contribution >= 4 is 11.0 Å². The normalized spacial score (nSPS) is 10.2. The second-order valence-electron chi connectivity index (χ2n) is 4.48. The van der Waals surface area contributed by atoms with Gasteiger partial charge in [-0.3, -0.25) is 4.79 Å². The lowest BCUT2D eigenvalue weighted by atomic mass is 10.1. The average Bonchev–Trinajstić information content (AvgIpc) is 2.51.